The van der Waals surface area contributed by atoms with E-state index in [1.807, 2.05) is 0 Å². The van der Waals surface area contributed by atoms with E-state index in [-0.39, 0.29) is 5.69 Å². The lowest BCUT2D eigenvalue weighted by Crippen LogP contribution is -2.16. The van der Waals surface area contributed by atoms with Crippen LogP contribution in [0.4, 0.5) is 24.5 Å². The molecule has 2 aromatic rings. The van der Waals surface area contributed by atoms with Gasteiger partial charge in [0.25, 0.3) is 0 Å². The number of halogens is 3. The van der Waals surface area contributed by atoms with Crippen LogP contribution in [0.25, 0.3) is 6.08 Å². The van der Waals surface area contributed by atoms with Gasteiger partial charge in [-0.25, -0.2) is 0 Å². The molecule has 30 heavy (non-hydrogen) atoms. The maximum atomic E-state index is 13.0. The third kappa shape index (κ3) is 5.37. The van der Waals surface area contributed by atoms with E-state index in [2.05, 4.69) is 5.32 Å². The molecule has 6 nitrogen and oxygen atoms in total. The number of alkyl halides is 3. The fraction of sp³-hybridized carbons (Fsp3) is 0.286. The van der Waals surface area contributed by atoms with Gasteiger partial charge in [0.1, 0.15) is 0 Å². The van der Waals surface area contributed by atoms with Gasteiger partial charge in [-0.15, -0.1) is 0 Å². The van der Waals surface area contributed by atoms with Crippen LogP contribution < -0.4 is 24.4 Å². The van der Waals surface area contributed by atoms with Crippen LogP contribution in [0.1, 0.15) is 11.1 Å². The molecule has 9 heteroatoms. The molecule has 1 N–H and O–H groups in total. The number of hydrogen-bond donors (Lipinski definition) is 1. The molecule has 0 saturated heterocycles. The number of rotatable bonds is 7. The molecule has 1 amide bonds. The van der Waals surface area contributed by atoms with Gasteiger partial charge in [-0.1, -0.05) is 0 Å². The minimum atomic E-state index is -4.52. The SMILES string of the molecule is COc1cc(C=CC(=O)Nc2cc(C(F)(F)F)ccc2N(C)C)cc(OC)c1OC. The Morgan fingerprint density at radius 2 is 1.60 bits per heavy atom. The molecule has 0 atom stereocenters. The second-order valence-electron chi connectivity index (χ2n) is 6.41. The summed E-state index contributed by atoms with van der Waals surface area (Å²) in [6, 6.07) is 6.46. The maximum absolute atomic E-state index is 13.0. The number of nitrogens with zero attached hydrogens (tertiary/aromatic N) is 1. The van der Waals surface area contributed by atoms with E-state index in [1.165, 1.54) is 39.5 Å². The van der Waals surface area contributed by atoms with Gasteiger partial charge >= 0.3 is 6.18 Å². The predicted molar refractivity (Wildman–Crippen MR) is 110 cm³/mol. The third-order valence-corrected chi connectivity index (χ3v) is 4.18. The van der Waals surface area contributed by atoms with Crippen LogP contribution in [0.15, 0.2) is 36.4 Å². The van der Waals surface area contributed by atoms with Gasteiger partial charge in [0.15, 0.2) is 11.5 Å². The van der Waals surface area contributed by atoms with Crippen molar-refractivity contribution in [3.63, 3.8) is 0 Å². The maximum Gasteiger partial charge on any atom is 0.416 e. The van der Waals surface area contributed by atoms with Crippen LogP contribution in [-0.4, -0.2) is 41.3 Å². The van der Waals surface area contributed by atoms with Crippen molar-refractivity contribution < 1.29 is 32.2 Å². The molecule has 0 aliphatic carbocycles. The number of carbonyl (C=O) groups excluding carboxylic acids is 1. The Kier molecular flexibility index (Phi) is 7.20. The van der Waals surface area contributed by atoms with Crippen LogP contribution in [0.2, 0.25) is 0 Å². The first-order valence-corrected chi connectivity index (χ1v) is 8.78. The summed E-state index contributed by atoms with van der Waals surface area (Å²) in [6.07, 6.45) is -1.82. The summed E-state index contributed by atoms with van der Waals surface area (Å²) in [5.74, 6) is 0.627. The summed E-state index contributed by atoms with van der Waals surface area (Å²) >= 11 is 0. The first-order chi connectivity index (χ1) is 14.1. The average molecular weight is 424 g/mol. The lowest BCUT2D eigenvalue weighted by Gasteiger charge is -2.19. The number of amides is 1. The van der Waals surface area contributed by atoms with E-state index >= 15 is 0 Å². The highest BCUT2D eigenvalue weighted by molar-refractivity contribution is 6.04. The summed E-state index contributed by atoms with van der Waals surface area (Å²) in [4.78, 5) is 14.0. The van der Waals surface area contributed by atoms with Crippen molar-refractivity contribution in [2.45, 2.75) is 6.18 Å². The summed E-state index contributed by atoms with van der Waals surface area (Å²) in [7, 11) is 7.75. The van der Waals surface area contributed by atoms with Crippen LogP contribution in [0.3, 0.4) is 0 Å². The van der Waals surface area contributed by atoms with E-state index in [0.717, 1.165) is 12.1 Å². The molecule has 0 unspecified atom stereocenters. The van der Waals surface area contributed by atoms with Gasteiger partial charge in [-0.3, -0.25) is 4.79 Å². The molecule has 0 heterocycles. The highest BCUT2D eigenvalue weighted by Gasteiger charge is 2.31. The Morgan fingerprint density at radius 3 is 2.07 bits per heavy atom. The summed E-state index contributed by atoms with van der Waals surface area (Å²) < 4.78 is 54.9. The molecule has 2 aromatic carbocycles. The second-order valence-corrected chi connectivity index (χ2v) is 6.41. The molecule has 0 fully saturated rings. The van der Waals surface area contributed by atoms with Gasteiger partial charge in [0, 0.05) is 20.2 Å². The van der Waals surface area contributed by atoms with Gasteiger partial charge in [-0.2, -0.15) is 13.2 Å². The normalized spacial score (nSPS) is 11.3. The van der Waals surface area contributed by atoms with Crippen LogP contribution >= 0.6 is 0 Å². The number of carbonyl (C=O) groups is 1. The van der Waals surface area contributed by atoms with E-state index in [1.54, 1.807) is 31.1 Å². The number of benzene rings is 2. The van der Waals surface area contributed by atoms with E-state index < -0.39 is 17.6 Å². The highest BCUT2D eigenvalue weighted by atomic mass is 19.4. The molecule has 0 bridgehead atoms. The predicted octanol–water partition coefficient (Wildman–Crippen LogP) is 4.45. The fourth-order valence-electron chi connectivity index (χ4n) is 2.75. The molecular weight excluding hydrogens is 401 g/mol. The first-order valence-electron chi connectivity index (χ1n) is 8.78. The van der Waals surface area contributed by atoms with Crippen molar-refractivity contribution in [1.82, 2.24) is 0 Å². The van der Waals surface area contributed by atoms with Crippen molar-refractivity contribution >= 4 is 23.4 Å². The Balaban J connectivity index is 2.30. The van der Waals surface area contributed by atoms with Crippen molar-refractivity contribution in [2.24, 2.45) is 0 Å². The smallest absolute Gasteiger partial charge is 0.416 e. The number of anilines is 2. The molecule has 0 aliphatic rings. The molecule has 0 aliphatic heterocycles. The number of nitrogens with one attached hydrogen (secondary N) is 1. The van der Waals surface area contributed by atoms with Crippen molar-refractivity contribution in [1.29, 1.82) is 0 Å². The lowest BCUT2D eigenvalue weighted by molar-refractivity contribution is -0.137. The lowest BCUT2D eigenvalue weighted by atomic mass is 10.1. The van der Waals surface area contributed by atoms with Crippen LogP contribution in [0.5, 0.6) is 17.2 Å². The molecule has 162 valence electrons. The minimum absolute atomic E-state index is 0.0503. The largest absolute Gasteiger partial charge is 0.493 e. The quantitative estimate of drug-likeness (QED) is 0.666. The van der Waals surface area contributed by atoms with E-state index in [9.17, 15) is 18.0 Å². The van der Waals surface area contributed by atoms with Gasteiger partial charge in [-0.05, 0) is 42.0 Å². The van der Waals surface area contributed by atoms with Crippen molar-refractivity contribution in [2.75, 3.05) is 45.6 Å². The van der Waals surface area contributed by atoms with Gasteiger partial charge < -0.3 is 24.4 Å². The summed E-state index contributed by atoms with van der Waals surface area (Å²) in [5, 5.41) is 2.50. The Labute approximate surface area is 172 Å². The topological polar surface area (TPSA) is 60.0 Å². The van der Waals surface area contributed by atoms with Crippen LogP contribution in [-0.2, 0) is 11.0 Å². The average Bonchev–Trinajstić information content (AvgIpc) is 2.70. The summed E-state index contributed by atoms with van der Waals surface area (Å²) in [5.41, 5.74) is 0.223. The zero-order valence-electron chi connectivity index (χ0n) is 17.3. The second kappa shape index (κ2) is 9.43. The van der Waals surface area contributed by atoms with Crippen LogP contribution in [0, 0.1) is 0 Å². The Bertz CT molecular complexity index is 915. The fourth-order valence-corrected chi connectivity index (χ4v) is 2.75. The molecule has 2 rings (SSSR count). The first kappa shape index (κ1) is 22.9. The Hall–Kier alpha value is -3.36. The van der Waals surface area contributed by atoms with E-state index in [0.29, 0.717) is 28.5 Å². The van der Waals surface area contributed by atoms with Crippen molar-refractivity contribution in [3.05, 3.63) is 47.5 Å². The third-order valence-electron chi connectivity index (χ3n) is 4.18. The number of methoxy groups -OCH3 is 3. The molecule has 0 radical (unpaired) electrons. The highest BCUT2D eigenvalue weighted by Crippen LogP contribution is 2.38. The van der Waals surface area contributed by atoms with Crippen molar-refractivity contribution in [3.8, 4) is 17.2 Å². The molecular formula is C21H23F3N2O4. The van der Waals surface area contributed by atoms with Gasteiger partial charge in [0.2, 0.25) is 11.7 Å². The standard InChI is InChI=1S/C21H23F3N2O4/c1-26(2)16-8-7-14(21(22,23)24)12-15(16)25-19(27)9-6-13-10-17(28-3)20(30-5)18(11-13)29-4/h6-12H,1-5H3,(H,25,27). The zero-order valence-corrected chi connectivity index (χ0v) is 17.3. The Morgan fingerprint density at radius 1 is 1.00 bits per heavy atom. The number of hydrogen-bond acceptors (Lipinski definition) is 5. The summed E-state index contributed by atoms with van der Waals surface area (Å²) in [6.45, 7) is 0. The molecule has 0 saturated carbocycles. The number of ether oxygens (including phenoxy) is 3. The minimum Gasteiger partial charge on any atom is -0.493 e. The van der Waals surface area contributed by atoms with Gasteiger partial charge in [0.05, 0.1) is 38.3 Å². The molecule has 0 aromatic heterocycles. The monoisotopic (exact) mass is 424 g/mol. The van der Waals surface area contributed by atoms with E-state index in [4.69, 9.17) is 14.2 Å². The zero-order chi connectivity index (χ0) is 22.5. The molecule has 0 spiro atoms.